The minimum atomic E-state index is -0.521. The zero-order valence-electron chi connectivity index (χ0n) is 5.74. The highest BCUT2D eigenvalue weighted by molar-refractivity contribution is 9.10. The van der Waals surface area contributed by atoms with E-state index in [1.165, 1.54) is 0 Å². The highest BCUT2D eigenvalue weighted by atomic mass is 79.9. The molecule has 1 aromatic rings. The largest absolute Gasteiger partial charge is 0.364 e. The summed E-state index contributed by atoms with van der Waals surface area (Å²) in [4.78, 5) is 13.4. The molecule has 0 spiro atoms. The van der Waals surface area contributed by atoms with Crippen molar-refractivity contribution in [1.29, 1.82) is 0 Å². The lowest BCUT2D eigenvalue weighted by atomic mass is 10.4. The van der Waals surface area contributed by atoms with Crippen LogP contribution in [0.1, 0.15) is 16.2 Å². The summed E-state index contributed by atoms with van der Waals surface area (Å²) < 4.78 is 0.532. The van der Waals surface area contributed by atoms with E-state index in [9.17, 15) is 4.79 Å². The molecule has 0 bridgehead atoms. The van der Waals surface area contributed by atoms with Gasteiger partial charge in [0, 0.05) is 5.69 Å². The van der Waals surface area contributed by atoms with Gasteiger partial charge in [0.1, 0.15) is 5.69 Å². The van der Waals surface area contributed by atoms with Crippen molar-refractivity contribution in [3.8, 4) is 0 Å². The first-order valence-corrected chi connectivity index (χ1v) is 4.04. The van der Waals surface area contributed by atoms with Crippen LogP contribution in [0.2, 0.25) is 5.02 Å². The molecule has 11 heavy (non-hydrogen) atoms. The molecule has 0 fully saturated rings. The molecule has 5 heteroatoms. The summed E-state index contributed by atoms with van der Waals surface area (Å²) in [5, 5.41) is 0.499. The second kappa shape index (κ2) is 2.87. The third-order valence-corrected chi connectivity index (χ3v) is 2.79. The lowest BCUT2D eigenvalue weighted by molar-refractivity contribution is 0.0995. The zero-order chi connectivity index (χ0) is 8.59. The number of nitrogens with one attached hydrogen (secondary N) is 1. The number of carbonyl (C=O) groups excluding carboxylic acids is 1. The van der Waals surface area contributed by atoms with Gasteiger partial charge in [-0.1, -0.05) is 11.6 Å². The first-order valence-electron chi connectivity index (χ1n) is 2.87. The molecule has 0 atom stereocenters. The van der Waals surface area contributed by atoms with E-state index in [1.807, 2.05) is 0 Å². The number of amides is 1. The molecule has 3 nitrogen and oxygen atoms in total. The van der Waals surface area contributed by atoms with Gasteiger partial charge in [0.2, 0.25) is 0 Å². The van der Waals surface area contributed by atoms with Gasteiger partial charge < -0.3 is 10.7 Å². The molecule has 3 N–H and O–H groups in total. The first kappa shape index (κ1) is 8.62. The summed E-state index contributed by atoms with van der Waals surface area (Å²) in [6.45, 7) is 1.76. The topological polar surface area (TPSA) is 58.9 Å². The van der Waals surface area contributed by atoms with Gasteiger partial charge in [-0.3, -0.25) is 4.79 Å². The minimum absolute atomic E-state index is 0.313. The SMILES string of the molecule is Cc1[nH]c(C(N)=O)c(Br)c1Cl. The quantitative estimate of drug-likeness (QED) is 0.769. The van der Waals surface area contributed by atoms with Crippen LogP contribution in [-0.4, -0.2) is 10.9 Å². The molecule has 60 valence electrons. The van der Waals surface area contributed by atoms with Gasteiger partial charge in [-0.25, -0.2) is 0 Å². The van der Waals surface area contributed by atoms with Crippen LogP contribution >= 0.6 is 27.5 Å². The summed E-state index contributed by atoms with van der Waals surface area (Å²) in [5.74, 6) is -0.521. The van der Waals surface area contributed by atoms with Gasteiger partial charge in [0.15, 0.2) is 0 Å². The van der Waals surface area contributed by atoms with E-state index in [-0.39, 0.29) is 0 Å². The number of hydrogen-bond donors (Lipinski definition) is 2. The molecule has 1 rings (SSSR count). The molecule has 0 radical (unpaired) electrons. The lowest BCUT2D eigenvalue weighted by Crippen LogP contribution is -2.11. The highest BCUT2D eigenvalue weighted by Gasteiger charge is 2.14. The van der Waals surface area contributed by atoms with Crippen molar-refractivity contribution in [2.75, 3.05) is 0 Å². The Balaban J connectivity index is 3.29. The average Bonchev–Trinajstić information content (AvgIpc) is 2.17. The van der Waals surface area contributed by atoms with Crippen LogP contribution in [0.3, 0.4) is 0 Å². The molecule has 0 unspecified atom stereocenters. The fraction of sp³-hybridized carbons (Fsp3) is 0.167. The Hall–Kier alpha value is -0.480. The van der Waals surface area contributed by atoms with Gasteiger partial charge in [-0.05, 0) is 22.9 Å². The van der Waals surface area contributed by atoms with Gasteiger partial charge in [0.25, 0.3) is 5.91 Å². The van der Waals surface area contributed by atoms with Gasteiger partial charge in [-0.15, -0.1) is 0 Å². The van der Waals surface area contributed by atoms with Crippen LogP contribution in [0.25, 0.3) is 0 Å². The van der Waals surface area contributed by atoms with Crippen LogP contribution < -0.4 is 5.73 Å². The Morgan fingerprint density at radius 2 is 2.27 bits per heavy atom. The summed E-state index contributed by atoms with van der Waals surface area (Å²) in [6, 6.07) is 0. The fourth-order valence-corrected chi connectivity index (χ4v) is 1.48. The van der Waals surface area contributed by atoms with E-state index >= 15 is 0 Å². The van der Waals surface area contributed by atoms with E-state index < -0.39 is 5.91 Å². The molecular formula is C6H6BrClN2O. The van der Waals surface area contributed by atoms with Crippen LogP contribution in [0, 0.1) is 6.92 Å². The third kappa shape index (κ3) is 1.41. The fourth-order valence-electron chi connectivity index (χ4n) is 0.741. The number of H-pyrrole nitrogens is 1. The maximum Gasteiger partial charge on any atom is 0.266 e. The molecule has 0 saturated heterocycles. The number of aryl methyl sites for hydroxylation is 1. The van der Waals surface area contributed by atoms with Crippen molar-refractivity contribution >= 4 is 33.4 Å². The van der Waals surface area contributed by atoms with E-state index in [4.69, 9.17) is 17.3 Å². The highest BCUT2D eigenvalue weighted by Crippen LogP contribution is 2.28. The molecule has 1 heterocycles. The lowest BCUT2D eigenvalue weighted by Gasteiger charge is -1.88. The van der Waals surface area contributed by atoms with E-state index in [0.29, 0.717) is 15.2 Å². The van der Waals surface area contributed by atoms with Gasteiger partial charge in [-0.2, -0.15) is 0 Å². The number of halogens is 2. The minimum Gasteiger partial charge on any atom is -0.364 e. The standard InChI is InChI=1S/C6H6BrClN2O/c1-2-4(8)3(7)5(10-2)6(9)11/h10H,1H3,(H2,9,11). The molecule has 1 amide bonds. The number of hydrogen-bond acceptors (Lipinski definition) is 1. The molecule has 0 aliphatic heterocycles. The van der Waals surface area contributed by atoms with E-state index in [1.54, 1.807) is 6.92 Å². The molecular weight excluding hydrogens is 231 g/mol. The summed E-state index contributed by atoms with van der Waals surface area (Å²) >= 11 is 8.89. The molecule has 0 saturated carbocycles. The van der Waals surface area contributed by atoms with Crippen LogP contribution in [-0.2, 0) is 0 Å². The molecule has 0 aromatic carbocycles. The van der Waals surface area contributed by atoms with Crippen molar-refractivity contribution < 1.29 is 4.79 Å². The normalized spacial score (nSPS) is 10.1. The number of rotatable bonds is 1. The number of aromatic amines is 1. The Kier molecular flexibility index (Phi) is 2.25. The first-order chi connectivity index (χ1) is 5.04. The Bertz CT molecular complexity index is 308. The zero-order valence-corrected chi connectivity index (χ0v) is 8.08. The van der Waals surface area contributed by atoms with Gasteiger partial charge in [0.05, 0.1) is 9.50 Å². The predicted molar refractivity (Wildman–Crippen MR) is 46.8 cm³/mol. The average molecular weight is 237 g/mol. The van der Waals surface area contributed by atoms with Crippen LogP contribution in [0.15, 0.2) is 4.47 Å². The third-order valence-electron chi connectivity index (χ3n) is 1.30. The molecule has 0 aliphatic rings. The van der Waals surface area contributed by atoms with Gasteiger partial charge >= 0.3 is 0 Å². The Morgan fingerprint density at radius 1 is 1.73 bits per heavy atom. The Labute approximate surface area is 77.0 Å². The molecule has 0 aliphatic carbocycles. The van der Waals surface area contributed by atoms with Crippen molar-refractivity contribution in [1.82, 2.24) is 4.98 Å². The monoisotopic (exact) mass is 236 g/mol. The van der Waals surface area contributed by atoms with Crippen molar-refractivity contribution in [3.05, 3.63) is 20.9 Å². The van der Waals surface area contributed by atoms with Crippen LogP contribution in [0.4, 0.5) is 0 Å². The number of primary amides is 1. The summed E-state index contributed by atoms with van der Waals surface area (Å²) in [7, 11) is 0. The second-order valence-corrected chi connectivity index (χ2v) is 3.29. The smallest absolute Gasteiger partial charge is 0.266 e. The van der Waals surface area contributed by atoms with E-state index in [2.05, 4.69) is 20.9 Å². The maximum atomic E-state index is 10.7. The number of aromatic nitrogens is 1. The summed E-state index contributed by atoms with van der Waals surface area (Å²) in [5.41, 5.74) is 6.08. The number of carbonyl (C=O) groups is 1. The predicted octanol–water partition coefficient (Wildman–Crippen LogP) is 1.84. The van der Waals surface area contributed by atoms with Crippen molar-refractivity contribution in [2.45, 2.75) is 6.92 Å². The second-order valence-electron chi connectivity index (χ2n) is 2.12. The van der Waals surface area contributed by atoms with Crippen molar-refractivity contribution in [3.63, 3.8) is 0 Å². The van der Waals surface area contributed by atoms with Crippen molar-refractivity contribution in [2.24, 2.45) is 5.73 Å². The summed E-state index contributed by atoms with van der Waals surface area (Å²) in [6.07, 6.45) is 0. The Morgan fingerprint density at radius 3 is 2.45 bits per heavy atom. The number of nitrogens with two attached hydrogens (primary N) is 1. The maximum absolute atomic E-state index is 10.7. The molecule has 1 aromatic heterocycles. The van der Waals surface area contributed by atoms with Crippen LogP contribution in [0.5, 0.6) is 0 Å². The van der Waals surface area contributed by atoms with E-state index in [0.717, 1.165) is 5.69 Å².